The second kappa shape index (κ2) is 4.38. The molecule has 0 amide bonds. The fraction of sp³-hybridized carbons (Fsp3) is 0.700. The van der Waals surface area contributed by atoms with Gasteiger partial charge in [-0.1, -0.05) is 0 Å². The van der Waals surface area contributed by atoms with E-state index in [1.807, 2.05) is 6.20 Å². The van der Waals surface area contributed by atoms with Crippen molar-refractivity contribution < 1.29 is 0 Å². The summed E-state index contributed by atoms with van der Waals surface area (Å²) in [6.07, 6.45) is 3.27. The molecular formula is C10H17N3S. The summed E-state index contributed by atoms with van der Waals surface area (Å²) in [4.78, 5) is 8.07. The van der Waals surface area contributed by atoms with Gasteiger partial charge in [0, 0.05) is 30.2 Å². The summed E-state index contributed by atoms with van der Waals surface area (Å²) in [6.45, 7) is 5.40. The second-order valence-corrected chi connectivity index (χ2v) is 5.23. The van der Waals surface area contributed by atoms with Crippen LogP contribution in [0.5, 0.6) is 0 Å². The number of nitrogens with zero attached hydrogens (tertiary/aromatic N) is 2. The van der Waals surface area contributed by atoms with Gasteiger partial charge in [-0.15, -0.1) is 11.3 Å². The number of hydrogen-bond donors (Lipinski definition) is 1. The van der Waals surface area contributed by atoms with E-state index in [1.54, 1.807) is 11.3 Å². The van der Waals surface area contributed by atoms with Gasteiger partial charge in [0.15, 0.2) is 0 Å². The van der Waals surface area contributed by atoms with E-state index in [1.165, 1.54) is 11.3 Å². The number of thiazole rings is 1. The number of aromatic nitrogens is 1. The topological polar surface area (TPSA) is 28.2 Å². The molecule has 0 saturated carbocycles. The zero-order chi connectivity index (χ0) is 9.97. The molecule has 1 saturated heterocycles. The van der Waals surface area contributed by atoms with Crippen molar-refractivity contribution >= 4 is 11.3 Å². The van der Waals surface area contributed by atoms with Crippen LogP contribution in [0.25, 0.3) is 0 Å². The molecule has 3 nitrogen and oxygen atoms in total. The Bertz CT molecular complexity index is 291. The first-order valence-corrected chi connectivity index (χ1v) is 5.89. The smallest absolute Gasteiger partial charge is 0.0897 e. The normalized spacial score (nSPS) is 22.1. The highest BCUT2D eigenvalue weighted by Crippen LogP contribution is 2.16. The lowest BCUT2D eigenvalue weighted by Crippen LogP contribution is -2.32. The Balaban J connectivity index is 1.90. The van der Waals surface area contributed by atoms with E-state index in [0.29, 0.717) is 6.04 Å². The molecule has 0 bridgehead atoms. The summed E-state index contributed by atoms with van der Waals surface area (Å²) in [7, 11) is 2.20. The summed E-state index contributed by atoms with van der Waals surface area (Å²) in [5.74, 6) is 0. The van der Waals surface area contributed by atoms with Gasteiger partial charge in [-0.2, -0.15) is 0 Å². The van der Waals surface area contributed by atoms with Crippen molar-refractivity contribution in [2.24, 2.45) is 0 Å². The third-order valence-electron chi connectivity index (χ3n) is 2.73. The molecule has 14 heavy (non-hydrogen) atoms. The van der Waals surface area contributed by atoms with E-state index in [-0.39, 0.29) is 0 Å². The van der Waals surface area contributed by atoms with Crippen molar-refractivity contribution in [1.82, 2.24) is 15.2 Å². The Morgan fingerprint density at radius 1 is 1.71 bits per heavy atom. The van der Waals surface area contributed by atoms with Crippen molar-refractivity contribution in [2.75, 3.05) is 20.1 Å². The maximum Gasteiger partial charge on any atom is 0.0897 e. The minimum Gasteiger partial charge on any atom is -0.315 e. The second-order valence-electron chi connectivity index (χ2n) is 3.91. The molecule has 0 aromatic carbocycles. The molecule has 1 N–H and O–H groups in total. The van der Waals surface area contributed by atoms with E-state index in [0.717, 1.165) is 24.6 Å². The first-order chi connectivity index (χ1) is 6.75. The molecule has 1 aliphatic rings. The summed E-state index contributed by atoms with van der Waals surface area (Å²) in [5, 5.41) is 4.56. The first-order valence-electron chi connectivity index (χ1n) is 5.08. The summed E-state index contributed by atoms with van der Waals surface area (Å²) >= 11 is 1.80. The van der Waals surface area contributed by atoms with Crippen LogP contribution in [0.4, 0.5) is 0 Å². The highest BCUT2D eigenvalue weighted by molar-refractivity contribution is 7.11. The van der Waals surface area contributed by atoms with Gasteiger partial charge in [-0.05, 0) is 26.9 Å². The van der Waals surface area contributed by atoms with Crippen LogP contribution < -0.4 is 5.32 Å². The zero-order valence-corrected chi connectivity index (χ0v) is 9.60. The van der Waals surface area contributed by atoms with Crippen molar-refractivity contribution in [3.8, 4) is 0 Å². The van der Waals surface area contributed by atoms with Gasteiger partial charge in [0.25, 0.3) is 0 Å². The van der Waals surface area contributed by atoms with Gasteiger partial charge >= 0.3 is 0 Å². The molecule has 1 aliphatic heterocycles. The van der Waals surface area contributed by atoms with Crippen LogP contribution in [0, 0.1) is 6.92 Å². The molecular weight excluding hydrogens is 194 g/mol. The van der Waals surface area contributed by atoms with Crippen molar-refractivity contribution in [3.05, 3.63) is 16.1 Å². The number of hydrogen-bond acceptors (Lipinski definition) is 4. The number of likely N-dealkylation sites (N-methyl/N-ethyl adjacent to an activating group) is 1. The predicted molar refractivity (Wildman–Crippen MR) is 59.6 cm³/mol. The van der Waals surface area contributed by atoms with Gasteiger partial charge in [-0.3, -0.25) is 4.90 Å². The molecule has 1 fully saturated rings. The maximum atomic E-state index is 4.27. The Morgan fingerprint density at radius 3 is 3.14 bits per heavy atom. The van der Waals surface area contributed by atoms with E-state index >= 15 is 0 Å². The van der Waals surface area contributed by atoms with Crippen LogP contribution in [0.2, 0.25) is 0 Å². The van der Waals surface area contributed by atoms with Crippen LogP contribution in [-0.4, -0.2) is 36.1 Å². The molecule has 0 spiro atoms. The maximum absolute atomic E-state index is 4.27. The van der Waals surface area contributed by atoms with Crippen molar-refractivity contribution in [2.45, 2.75) is 25.9 Å². The number of nitrogens with one attached hydrogen (secondary N) is 1. The predicted octanol–water partition coefficient (Wildman–Crippen LogP) is 1.25. The van der Waals surface area contributed by atoms with Gasteiger partial charge < -0.3 is 5.32 Å². The Morgan fingerprint density at radius 2 is 2.57 bits per heavy atom. The van der Waals surface area contributed by atoms with E-state index < -0.39 is 0 Å². The average Bonchev–Trinajstić information content (AvgIpc) is 2.75. The lowest BCUT2D eigenvalue weighted by molar-refractivity contribution is 0.251. The van der Waals surface area contributed by atoms with Gasteiger partial charge in [0.1, 0.15) is 0 Å². The number of rotatable bonds is 3. The minimum absolute atomic E-state index is 0.706. The molecule has 78 valence electrons. The fourth-order valence-corrected chi connectivity index (χ4v) is 2.73. The summed E-state index contributed by atoms with van der Waals surface area (Å²) in [6, 6.07) is 0.706. The highest BCUT2D eigenvalue weighted by atomic mass is 32.1. The van der Waals surface area contributed by atoms with Crippen LogP contribution in [0.3, 0.4) is 0 Å². The molecule has 1 aromatic heterocycles. The lowest BCUT2D eigenvalue weighted by atomic mass is 10.2. The van der Waals surface area contributed by atoms with Gasteiger partial charge in [-0.25, -0.2) is 4.98 Å². The van der Waals surface area contributed by atoms with Gasteiger partial charge in [0.05, 0.1) is 5.01 Å². The fourth-order valence-electron chi connectivity index (χ4n) is 1.87. The Hall–Kier alpha value is -0.450. The van der Waals surface area contributed by atoms with E-state index in [4.69, 9.17) is 0 Å². The lowest BCUT2D eigenvalue weighted by Gasteiger charge is -2.22. The van der Waals surface area contributed by atoms with Crippen molar-refractivity contribution in [1.29, 1.82) is 0 Å². The molecule has 2 heterocycles. The van der Waals surface area contributed by atoms with Gasteiger partial charge in [0.2, 0.25) is 0 Å². The van der Waals surface area contributed by atoms with E-state index in [2.05, 4.69) is 29.2 Å². The monoisotopic (exact) mass is 211 g/mol. The van der Waals surface area contributed by atoms with Crippen LogP contribution in [0.1, 0.15) is 16.3 Å². The molecule has 4 heteroatoms. The summed E-state index contributed by atoms with van der Waals surface area (Å²) < 4.78 is 0. The Kier molecular flexibility index (Phi) is 3.15. The standard InChI is InChI=1S/C10H17N3S/c1-8-12-6-10(14-8)7-13(2)9-3-4-11-5-9/h6,9,11H,3-5,7H2,1-2H3. The van der Waals surface area contributed by atoms with Crippen LogP contribution in [0.15, 0.2) is 6.20 Å². The van der Waals surface area contributed by atoms with Crippen molar-refractivity contribution in [3.63, 3.8) is 0 Å². The highest BCUT2D eigenvalue weighted by Gasteiger charge is 2.19. The first kappa shape index (κ1) is 10.1. The summed E-state index contributed by atoms with van der Waals surface area (Å²) in [5.41, 5.74) is 0. The molecule has 2 rings (SSSR count). The molecule has 0 aliphatic carbocycles. The molecule has 1 atom stereocenters. The largest absolute Gasteiger partial charge is 0.315 e. The molecule has 1 aromatic rings. The zero-order valence-electron chi connectivity index (χ0n) is 8.79. The third kappa shape index (κ3) is 2.32. The third-order valence-corrected chi connectivity index (χ3v) is 3.63. The Labute approximate surface area is 89.1 Å². The van der Waals surface area contributed by atoms with Crippen LogP contribution >= 0.6 is 11.3 Å². The number of aryl methyl sites for hydroxylation is 1. The minimum atomic E-state index is 0.706. The SMILES string of the molecule is Cc1ncc(CN(C)C2CCNC2)s1. The molecule has 1 unspecified atom stereocenters. The average molecular weight is 211 g/mol. The molecule has 0 radical (unpaired) electrons. The quantitative estimate of drug-likeness (QED) is 0.815. The van der Waals surface area contributed by atoms with E-state index in [9.17, 15) is 0 Å². The van der Waals surface area contributed by atoms with Crippen LogP contribution in [-0.2, 0) is 6.54 Å².